The number of nitrogens with zero attached hydrogens (tertiary/aromatic N) is 2. The van der Waals surface area contributed by atoms with E-state index in [2.05, 4.69) is 27.7 Å². The van der Waals surface area contributed by atoms with Gasteiger partial charge in [-0.05, 0) is 23.8 Å². The van der Waals surface area contributed by atoms with Crippen LogP contribution in [0.5, 0.6) is 5.75 Å². The Hall–Kier alpha value is -3.72. The highest BCUT2D eigenvalue weighted by Crippen LogP contribution is 2.42. The summed E-state index contributed by atoms with van der Waals surface area (Å²) < 4.78 is 19.8. The smallest absolute Gasteiger partial charge is 0.322 e. The maximum Gasteiger partial charge on any atom is 0.322 e. The van der Waals surface area contributed by atoms with Crippen molar-refractivity contribution in [3.8, 4) is 5.75 Å². The lowest BCUT2D eigenvalue weighted by Crippen LogP contribution is -2.57. The average Bonchev–Trinajstić information content (AvgIpc) is 3.13. The minimum absolute atomic E-state index is 0.0973. The SMILES string of the molecule is O=C1NC(=O)[C@@]2(C[C@@H](C(=O)N3CCN(C/C=C/c4ccccc4)CC3)Oc3ccc(F)cc32)N1. The zero-order valence-electron chi connectivity index (χ0n) is 18.5. The van der Waals surface area contributed by atoms with E-state index in [1.54, 1.807) is 4.90 Å². The Labute approximate surface area is 196 Å². The number of benzene rings is 2. The molecule has 4 amide bonds. The molecule has 2 aromatic rings. The Balaban J connectivity index is 1.25. The van der Waals surface area contributed by atoms with Gasteiger partial charge in [-0.2, -0.15) is 0 Å². The third-order valence-electron chi connectivity index (χ3n) is 6.54. The van der Waals surface area contributed by atoms with Gasteiger partial charge in [-0.1, -0.05) is 42.5 Å². The number of rotatable bonds is 4. The van der Waals surface area contributed by atoms with Gasteiger partial charge in [0.1, 0.15) is 11.6 Å². The summed E-state index contributed by atoms with van der Waals surface area (Å²) in [6.45, 7) is 3.26. The van der Waals surface area contributed by atoms with Crippen LogP contribution in [0.4, 0.5) is 9.18 Å². The maximum absolute atomic E-state index is 13.9. The van der Waals surface area contributed by atoms with Crippen LogP contribution in [0, 0.1) is 5.82 Å². The summed E-state index contributed by atoms with van der Waals surface area (Å²) in [6, 6.07) is 13.2. The lowest BCUT2D eigenvalue weighted by atomic mass is 9.81. The molecule has 8 nitrogen and oxygen atoms in total. The van der Waals surface area contributed by atoms with E-state index in [1.165, 1.54) is 18.2 Å². The second-order valence-electron chi connectivity index (χ2n) is 8.70. The van der Waals surface area contributed by atoms with Gasteiger partial charge >= 0.3 is 6.03 Å². The molecule has 0 aliphatic carbocycles. The van der Waals surface area contributed by atoms with E-state index < -0.39 is 29.4 Å². The first kappa shape index (κ1) is 22.1. The molecule has 3 aliphatic heterocycles. The molecule has 2 aromatic carbocycles. The molecule has 0 saturated carbocycles. The lowest BCUT2D eigenvalue weighted by Gasteiger charge is -2.40. The van der Waals surface area contributed by atoms with Gasteiger partial charge < -0.3 is 15.0 Å². The largest absolute Gasteiger partial charge is 0.480 e. The molecular formula is C25H25FN4O4. The third kappa shape index (κ3) is 4.14. The molecular weight excluding hydrogens is 439 g/mol. The van der Waals surface area contributed by atoms with E-state index in [-0.39, 0.29) is 23.6 Å². The zero-order valence-corrected chi connectivity index (χ0v) is 18.5. The highest BCUT2D eigenvalue weighted by atomic mass is 19.1. The number of urea groups is 1. The second-order valence-corrected chi connectivity index (χ2v) is 8.70. The van der Waals surface area contributed by atoms with Crippen molar-refractivity contribution in [1.29, 1.82) is 0 Å². The Morgan fingerprint density at radius 2 is 1.88 bits per heavy atom. The number of fused-ring (bicyclic) bond motifs is 2. The number of ether oxygens (including phenoxy) is 1. The number of carbonyl (C=O) groups excluding carboxylic acids is 3. The van der Waals surface area contributed by atoms with Crippen LogP contribution < -0.4 is 15.4 Å². The molecule has 2 atom stereocenters. The molecule has 3 aliphatic rings. The summed E-state index contributed by atoms with van der Waals surface area (Å²) >= 11 is 0. The van der Waals surface area contributed by atoms with Crippen LogP contribution in [0.2, 0.25) is 0 Å². The quantitative estimate of drug-likeness (QED) is 0.675. The fraction of sp³-hybridized carbons (Fsp3) is 0.320. The van der Waals surface area contributed by atoms with Gasteiger partial charge in [-0.15, -0.1) is 0 Å². The van der Waals surface area contributed by atoms with Gasteiger partial charge in [0, 0.05) is 44.7 Å². The summed E-state index contributed by atoms with van der Waals surface area (Å²) in [5.41, 5.74) is -0.172. The standard InChI is InChI=1S/C25H25FN4O4/c26-18-8-9-20-19(15-18)25(23(32)27-24(33)28-25)16-21(34-20)22(31)30-13-11-29(12-14-30)10-4-7-17-5-2-1-3-6-17/h1-9,15,21H,10-14,16H2,(H2,27,28,32,33)/b7-4+/t21-,25-/m0/s1. The van der Waals surface area contributed by atoms with Crippen molar-refractivity contribution >= 4 is 23.9 Å². The number of hydrogen-bond acceptors (Lipinski definition) is 5. The monoisotopic (exact) mass is 464 g/mol. The minimum Gasteiger partial charge on any atom is -0.480 e. The third-order valence-corrected chi connectivity index (χ3v) is 6.54. The predicted octanol–water partition coefficient (Wildman–Crippen LogP) is 1.87. The molecule has 2 saturated heterocycles. The fourth-order valence-electron chi connectivity index (χ4n) is 4.74. The lowest BCUT2D eigenvalue weighted by molar-refractivity contribution is -0.143. The van der Waals surface area contributed by atoms with E-state index in [0.717, 1.165) is 12.1 Å². The van der Waals surface area contributed by atoms with Crippen molar-refractivity contribution in [2.45, 2.75) is 18.1 Å². The van der Waals surface area contributed by atoms with Crippen molar-refractivity contribution in [1.82, 2.24) is 20.4 Å². The van der Waals surface area contributed by atoms with Crippen molar-refractivity contribution < 1.29 is 23.5 Å². The molecule has 0 bridgehead atoms. The Morgan fingerprint density at radius 3 is 2.59 bits per heavy atom. The topological polar surface area (TPSA) is 91.0 Å². The second kappa shape index (κ2) is 8.90. The van der Waals surface area contributed by atoms with Crippen LogP contribution in [0.25, 0.3) is 6.08 Å². The normalized spacial score (nSPS) is 24.6. The van der Waals surface area contributed by atoms with Crippen LogP contribution in [0.3, 0.4) is 0 Å². The van der Waals surface area contributed by atoms with E-state index in [9.17, 15) is 18.8 Å². The number of carbonyl (C=O) groups is 3. The van der Waals surface area contributed by atoms with Crippen LogP contribution >= 0.6 is 0 Å². The van der Waals surface area contributed by atoms with Crippen molar-refractivity contribution in [2.75, 3.05) is 32.7 Å². The van der Waals surface area contributed by atoms with Gasteiger partial charge in [-0.25, -0.2) is 9.18 Å². The average molecular weight is 464 g/mol. The van der Waals surface area contributed by atoms with E-state index in [0.29, 0.717) is 26.2 Å². The molecule has 3 heterocycles. The van der Waals surface area contributed by atoms with Gasteiger partial charge in [0.25, 0.3) is 11.8 Å². The first-order valence-electron chi connectivity index (χ1n) is 11.3. The molecule has 1 spiro atoms. The Morgan fingerprint density at radius 1 is 1.12 bits per heavy atom. The molecule has 0 radical (unpaired) electrons. The van der Waals surface area contributed by atoms with Crippen LogP contribution in [0.1, 0.15) is 17.5 Å². The minimum atomic E-state index is -1.53. The van der Waals surface area contributed by atoms with Gasteiger partial charge in [0.2, 0.25) is 0 Å². The van der Waals surface area contributed by atoms with Crippen LogP contribution in [-0.2, 0) is 15.1 Å². The Kier molecular flexibility index (Phi) is 5.79. The van der Waals surface area contributed by atoms with Crippen LogP contribution in [0.15, 0.2) is 54.6 Å². The first-order valence-corrected chi connectivity index (χ1v) is 11.3. The van der Waals surface area contributed by atoms with Gasteiger partial charge in [-0.3, -0.25) is 19.8 Å². The Bertz CT molecular complexity index is 1150. The number of imide groups is 1. The molecule has 0 aromatic heterocycles. The fourth-order valence-corrected chi connectivity index (χ4v) is 4.74. The molecule has 0 unspecified atom stereocenters. The predicted molar refractivity (Wildman–Crippen MR) is 122 cm³/mol. The number of piperazine rings is 1. The van der Waals surface area contributed by atoms with Crippen molar-refractivity contribution in [2.24, 2.45) is 0 Å². The maximum atomic E-state index is 13.9. The molecule has 9 heteroatoms. The summed E-state index contributed by atoms with van der Waals surface area (Å²) in [4.78, 5) is 41.9. The van der Waals surface area contributed by atoms with Gasteiger partial charge in [0.15, 0.2) is 11.6 Å². The van der Waals surface area contributed by atoms with Gasteiger partial charge in [0.05, 0.1) is 0 Å². The van der Waals surface area contributed by atoms with Crippen LogP contribution in [-0.4, -0.2) is 66.5 Å². The van der Waals surface area contributed by atoms with E-state index in [1.807, 2.05) is 30.3 Å². The number of nitrogens with one attached hydrogen (secondary N) is 2. The zero-order chi connectivity index (χ0) is 23.7. The number of hydrogen-bond donors (Lipinski definition) is 2. The number of halogens is 1. The van der Waals surface area contributed by atoms with Crippen molar-refractivity contribution in [3.05, 3.63) is 71.6 Å². The molecule has 5 rings (SSSR count). The van der Waals surface area contributed by atoms with Crippen molar-refractivity contribution in [3.63, 3.8) is 0 Å². The molecule has 2 fully saturated rings. The first-order chi connectivity index (χ1) is 16.4. The van der Waals surface area contributed by atoms with E-state index >= 15 is 0 Å². The summed E-state index contributed by atoms with van der Waals surface area (Å²) in [5, 5.41) is 4.81. The molecule has 34 heavy (non-hydrogen) atoms. The highest BCUT2D eigenvalue weighted by molar-refractivity contribution is 6.08. The molecule has 176 valence electrons. The summed E-state index contributed by atoms with van der Waals surface area (Å²) in [6.07, 6.45) is 3.12. The summed E-state index contributed by atoms with van der Waals surface area (Å²) in [7, 11) is 0. The number of amides is 4. The summed E-state index contributed by atoms with van der Waals surface area (Å²) in [5.74, 6) is -1.20. The molecule has 2 N–H and O–H groups in total. The highest BCUT2D eigenvalue weighted by Gasteiger charge is 2.55. The van der Waals surface area contributed by atoms with E-state index in [4.69, 9.17) is 4.74 Å².